The van der Waals surface area contributed by atoms with Crippen molar-refractivity contribution in [2.75, 3.05) is 16.2 Å². The van der Waals surface area contributed by atoms with E-state index in [-0.39, 0.29) is 16.3 Å². The Morgan fingerprint density at radius 3 is 2.19 bits per heavy atom. The van der Waals surface area contributed by atoms with Gasteiger partial charge in [0.25, 0.3) is 15.7 Å². The van der Waals surface area contributed by atoms with Gasteiger partial charge < -0.3 is 5.32 Å². The average Bonchev–Trinajstić information content (AvgIpc) is 2.75. The van der Waals surface area contributed by atoms with E-state index in [1.165, 1.54) is 36.4 Å². The van der Waals surface area contributed by atoms with E-state index in [9.17, 15) is 23.3 Å². The topological polar surface area (TPSA) is 110 Å². The molecule has 0 unspecified atom stereocenters. The van der Waals surface area contributed by atoms with E-state index in [1.54, 1.807) is 30.3 Å². The van der Waals surface area contributed by atoms with Crippen molar-refractivity contribution < 1.29 is 18.1 Å². The number of non-ortho nitro benzene ring substituents is 1. The molecule has 0 spiro atoms. The number of anilines is 2. The number of aryl methyl sites for hydroxylation is 2. The number of carbonyl (C=O) groups is 1. The zero-order valence-corrected chi connectivity index (χ0v) is 17.8. The molecule has 3 rings (SSSR count). The Labute approximate surface area is 180 Å². The van der Waals surface area contributed by atoms with Crippen molar-refractivity contribution in [3.05, 3.63) is 94.0 Å². The van der Waals surface area contributed by atoms with Gasteiger partial charge in [0.05, 0.1) is 15.5 Å². The summed E-state index contributed by atoms with van der Waals surface area (Å²) in [4.78, 5) is 23.1. The second-order valence-electron chi connectivity index (χ2n) is 6.95. The number of hydrogen-bond acceptors (Lipinski definition) is 5. The second-order valence-corrected chi connectivity index (χ2v) is 8.81. The highest BCUT2D eigenvalue weighted by Gasteiger charge is 2.27. The molecule has 0 aliphatic heterocycles. The monoisotopic (exact) mass is 439 g/mol. The Bertz CT molecular complexity index is 1210. The predicted octanol–water partition coefficient (Wildman–Crippen LogP) is 4.05. The molecule has 160 valence electrons. The number of sulfonamides is 1. The van der Waals surface area contributed by atoms with Crippen molar-refractivity contribution in [3.63, 3.8) is 0 Å². The zero-order valence-electron chi connectivity index (χ0n) is 17.0. The molecular weight excluding hydrogens is 418 g/mol. The Morgan fingerprint density at radius 1 is 0.968 bits per heavy atom. The SMILES string of the molecule is Cc1ccc(NC(=O)CN(c2ccc([N+](=O)[O-])cc2)S(=O)(=O)c2ccccc2)cc1C. The highest BCUT2D eigenvalue weighted by atomic mass is 32.2. The summed E-state index contributed by atoms with van der Waals surface area (Å²) in [6, 6.07) is 18.1. The molecule has 0 saturated heterocycles. The fourth-order valence-electron chi connectivity index (χ4n) is 2.93. The van der Waals surface area contributed by atoms with Crippen molar-refractivity contribution in [1.82, 2.24) is 0 Å². The predicted molar refractivity (Wildman–Crippen MR) is 119 cm³/mol. The summed E-state index contributed by atoms with van der Waals surface area (Å²) >= 11 is 0. The van der Waals surface area contributed by atoms with Crippen molar-refractivity contribution in [3.8, 4) is 0 Å². The van der Waals surface area contributed by atoms with Gasteiger partial charge in [-0.2, -0.15) is 0 Å². The van der Waals surface area contributed by atoms with Crippen LogP contribution >= 0.6 is 0 Å². The molecule has 8 nitrogen and oxygen atoms in total. The van der Waals surface area contributed by atoms with Gasteiger partial charge in [-0.1, -0.05) is 24.3 Å². The van der Waals surface area contributed by atoms with Crippen molar-refractivity contribution in [1.29, 1.82) is 0 Å². The van der Waals surface area contributed by atoms with Crippen LogP contribution in [0.5, 0.6) is 0 Å². The van der Waals surface area contributed by atoms with E-state index in [0.717, 1.165) is 15.4 Å². The van der Waals surface area contributed by atoms with Gasteiger partial charge in [-0.25, -0.2) is 8.42 Å². The van der Waals surface area contributed by atoms with E-state index in [0.29, 0.717) is 5.69 Å². The van der Waals surface area contributed by atoms with Gasteiger partial charge >= 0.3 is 0 Å². The fourth-order valence-corrected chi connectivity index (χ4v) is 4.37. The number of nitrogens with zero attached hydrogens (tertiary/aromatic N) is 2. The highest BCUT2D eigenvalue weighted by molar-refractivity contribution is 7.92. The summed E-state index contributed by atoms with van der Waals surface area (Å²) in [6.45, 7) is 3.36. The van der Waals surface area contributed by atoms with E-state index in [1.807, 2.05) is 19.9 Å². The lowest BCUT2D eigenvalue weighted by molar-refractivity contribution is -0.384. The van der Waals surface area contributed by atoms with Crippen molar-refractivity contribution in [2.24, 2.45) is 0 Å². The van der Waals surface area contributed by atoms with Gasteiger partial charge in [0.1, 0.15) is 6.54 Å². The number of rotatable bonds is 7. The standard InChI is InChI=1S/C22H21N3O5S/c1-16-8-9-18(14-17(16)2)23-22(26)15-24(19-10-12-20(13-11-19)25(27)28)31(29,30)21-6-4-3-5-7-21/h3-14H,15H2,1-2H3,(H,23,26). The van der Waals surface area contributed by atoms with Crippen LogP contribution in [0.15, 0.2) is 77.7 Å². The molecule has 0 radical (unpaired) electrons. The molecule has 0 aliphatic rings. The summed E-state index contributed by atoms with van der Waals surface area (Å²) in [5.41, 5.74) is 2.57. The molecule has 3 aromatic rings. The van der Waals surface area contributed by atoms with Gasteiger partial charge in [0.15, 0.2) is 0 Å². The van der Waals surface area contributed by atoms with E-state index in [2.05, 4.69) is 5.32 Å². The summed E-state index contributed by atoms with van der Waals surface area (Å²) in [5.74, 6) is -0.541. The van der Waals surface area contributed by atoms with Gasteiger partial charge in [-0.3, -0.25) is 19.2 Å². The summed E-state index contributed by atoms with van der Waals surface area (Å²) in [5, 5.41) is 13.7. The number of amides is 1. The Hall–Kier alpha value is -3.72. The van der Waals surface area contributed by atoms with Crippen LogP contribution in [-0.4, -0.2) is 25.8 Å². The van der Waals surface area contributed by atoms with Crippen LogP contribution in [0.2, 0.25) is 0 Å². The molecule has 1 amide bonds. The molecule has 0 heterocycles. The zero-order chi connectivity index (χ0) is 22.6. The maximum Gasteiger partial charge on any atom is 0.269 e. The third kappa shape index (κ3) is 5.07. The molecule has 3 aromatic carbocycles. The Kier molecular flexibility index (Phi) is 6.36. The van der Waals surface area contributed by atoms with Gasteiger partial charge in [-0.05, 0) is 61.4 Å². The van der Waals surface area contributed by atoms with Crippen molar-refractivity contribution >= 4 is 33.0 Å². The molecule has 1 N–H and O–H groups in total. The quantitative estimate of drug-likeness (QED) is 0.441. The number of nitro benzene ring substituents is 1. The number of nitro groups is 1. The number of carbonyl (C=O) groups excluding carboxylic acids is 1. The normalized spacial score (nSPS) is 11.0. The van der Waals surface area contributed by atoms with Crippen LogP contribution in [0, 0.1) is 24.0 Å². The lowest BCUT2D eigenvalue weighted by atomic mass is 10.1. The molecule has 0 atom stereocenters. The van der Waals surface area contributed by atoms with Crippen molar-refractivity contribution in [2.45, 2.75) is 18.7 Å². The van der Waals surface area contributed by atoms with Crippen LogP contribution in [0.1, 0.15) is 11.1 Å². The smallest absolute Gasteiger partial charge is 0.269 e. The van der Waals surface area contributed by atoms with Crippen LogP contribution in [-0.2, 0) is 14.8 Å². The number of benzene rings is 3. The first-order valence-electron chi connectivity index (χ1n) is 9.38. The molecule has 0 aliphatic carbocycles. The van der Waals surface area contributed by atoms with E-state index in [4.69, 9.17) is 0 Å². The molecule has 0 fully saturated rings. The minimum Gasteiger partial charge on any atom is -0.325 e. The van der Waals surface area contributed by atoms with Crippen LogP contribution in [0.25, 0.3) is 0 Å². The Morgan fingerprint density at radius 2 is 1.61 bits per heavy atom. The molecule has 9 heteroatoms. The number of hydrogen-bond donors (Lipinski definition) is 1. The van der Waals surface area contributed by atoms with Crippen LogP contribution in [0.4, 0.5) is 17.1 Å². The van der Waals surface area contributed by atoms with E-state index < -0.39 is 27.4 Å². The van der Waals surface area contributed by atoms with Gasteiger partial charge in [0, 0.05) is 17.8 Å². The molecule has 0 bridgehead atoms. The lowest BCUT2D eigenvalue weighted by Crippen LogP contribution is -2.38. The third-order valence-electron chi connectivity index (χ3n) is 4.76. The summed E-state index contributed by atoms with van der Waals surface area (Å²) < 4.78 is 27.4. The maximum absolute atomic E-state index is 13.3. The maximum atomic E-state index is 13.3. The fraction of sp³-hybridized carbons (Fsp3) is 0.136. The van der Waals surface area contributed by atoms with E-state index >= 15 is 0 Å². The molecular formula is C22H21N3O5S. The summed E-state index contributed by atoms with van der Waals surface area (Å²) in [6.07, 6.45) is 0. The average molecular weight is 439 g/mol. The van der Waals surface area contributed by atoms with Crippen LogP contribution < -0.4 is 9.62 Å². The minimum absolute atomic E-state index is 0.00679. The first kappa shape index (κ1) is 22.0. The first-order chi connectivity index (χ1) is 14.7. The highest BCUT2D eigenvalue weighted by Crippen LogP contribution is 2.26. The number of nitrogens with one attached hydrogen (secondary N) is 1. The molecule has 0 saturated carbocycles. The summed E-state index contributed by atoms with van der Waals surface area (Å²) in [7, 11) is -4.09. The van der Waals surface area contributed by atoms with Crippen LogP contribution in [0.3, 0.4) is 0 Å². The molecule has 31 heavy (non-hydrogen) atoms. The third-order valence-corrected chi connectivity index (χ3v) is 6.55. The molecule has 0 aromatic heterocycles. The minimum atomic E-state index is -4.09. The Balaban J connectivity index is 1.94. The second kappa shape index (κ2) is 8.97. The van der Waals surface area contributed by atoms with Gasteiger partial charge in [0.2, 0.25) is 5.91 Å². The first-order valence-corrected chi connectivity index (χ1v) is 10.8. The van der Waals surface area contributed by atoms with Gasteiger partial charge in [-0.15, -0.1) is 0 Å². The largest absolute Gasteiger partial charge is 0.325 e. The lowest BCUT2D eigenvalue weighted by Gasteiger charge is -2.24.